The Hall–Kier alpha value is -0.983. The Morgan fingerprint density at radius 3 is 2.69 bits per heavy atom. The summed E-state index contributed by atoms with van der Waals surface area (Å²) >= 11 is 6.83. The summed E-state index contributed by atoms with van der Waals surface area (Å²) in [6.45, 7) is 17.5. The second-order valence-corrected chi connectivity index (χ2v) is 16.8. The van der Waals surface area contributed by atoms with Gasteiger partial charge in [-0.1, -0.05) is 57.0 Å². The lowest BCUT2D eigenvalue weighted by atomic mass is 10.0. The summed E-state index contributed by atoms with van der Waals surface area (Å²) in [5, 5.41) is 0.834. The highest BCUT2D eigenvalue weighted by molar-refractivity contribution is 6.74. The van der Waals surface area contributed by atoms with E-state index in [1.165, 1.54) is 12.0 Å². The van der Waals surface area contributed by atoms with Crippen molar-refractivity contribution in [2.45, 2.75) is 110 Å². The molecule has 0 bridgehead atoms. The molecule has 0 N–H and O–H groups in total. The van der Waals surface area contributed by atoms with Crippen LogP contribution in [0.15, 0.2) is 41.1 Å². The van der Waals surface area contributed by atoms with Crippen molar-refractivity contribution in [1.82, 2.24) is 4.98 Å². The molecule has 198 valence electrons. The maximum Gasteiger partial charge on any atom is 0.192 e. The molecule has 1 unspecified atom stereocenters. The fraction of sp³-hybridized carbons (Fsp3) is 0.690. The van der Waals surface area contributed by atoms with E-state index in [0.717, 1.165) is 57.4 Å². The van der Waals surface area contributed by atoms with Crippen molar-refractivity contribution < 1.29 is 13.9 Å². The van der Waals surface area contributed by atoms with E-state index in [-0.39, 0.29) is 17.4 Å². The van der Waals surface area contributed by atoms with Gasteiger partial charge in [0.05, 0.1) is 18.4 Å². The van der Waals surface area contributed by atoms with E-state index in [4.69, 9.17) is 25.5 Å². The first-order chi connectivity index (χ1) is 16.5. The molecule has 1 fully saturated rings. The zero-order valence-corrected chi connectivity index (χ0v) is 24.9. The van der Waals surface area contributed by atoms with Crippen LogP contribution in [0.4, 0.5) is 0 Å². The van der Waals surface area contributed by atoms with Crippen molar-refractivity contribution in [3.05, 3.63) is 46.8 Å². The van der Waals surface area contributed by atoms with Gasteiger partial charge < -0.3 is 13.9 Å². The quantitative estimate of drug-likeness (QED) is 0.192. The van der Waals surface area contributed by atoms with Gasteiger partial charge in [0.25, 0.3) is 0 Å². The molecule has 1 aliphatic heterocycles. The van der Waals surface area contributed by atoms with Crippen molar-refractivity contribution in [3.63, 3.8) is 0 Å². The minimum atomic E-state index is -1.98. The maximum atomic E-state index is 6.83. The van der Waals surface area contributed by atoms with Gasteiger partial charge in [-0.05, 0) is 94.1 Å². The molecule has 1 saturated heterocycles. The molecule has 0 amide bonds. The molecule has 1 aromatic heterocycles. The molecular formula is C29H48ClNO3Si. The number of halogens is 1. The number of nitrogens with zero attached hydrogens (tertiary/aromatic N) is 1. The van der Waals surface area contributed by atoms with Crippen LogP contribution < -0.4 is 0 Å². The van der Waals surface area contributed by atoms with E-state index in [1.54, 1.807) is 6.20 Å². The van der Waals surface area contributed by atoms with Gasteiger partial charge in [0, 0.05) is 17.8 Å². The smallest absolute Gasteiger partial charge is 0.192 e. The molecular weight excluding hydrogens is 474 g/mol. The van der Waals surface area contributed by atoms with Gasteiger partial charge in [0.15, 0.2) is 14.6 Å². The van der Waals surface area contributed by atoms with Crippen molar-refractivity contribution >= 4 is 26.0 Å². The van der Waals surface area contributed by atoms with Crippen molar-refractivity contribution in [2.75, 3.05) is 13.2 Å². The topological polar surface area (TPSA) is 40.6 Å². The van der Waals surface area contributed by atoms with E-state index in [1.807, 2.05) is 24.3 Å². The van der Waals surface area contributed by atoms with Gasteiger partial charge >= 0.3 is 0 Å². The zero-order valence-electron chi connectivity index (χ0n) is 23.1. The third-order valence-electron chi connectivity index (χ3n) is 7.18. The molecule has 0 saturated carbocycles. The summed E-state index contributed by atoms with van der Waals surface area (Å²) in [7, 11) is -1.98. The summed E-state index contributed by atoms with van der Waals surface area (Å²) in [5.74, 6) is 0.541. The predicted molar refractivity (Wildman–Crippen MR) is 151 cm³/mol. The highest BCUT2D eigenvalue weighted by Gasteiger charge is 2.39. The maximum absolute atomic E-state index is 6.83. The molecule has 0 aliphatic carbocycles. The monoisotopic (exact) mass is 521 g/mol. The Labute approximate surface area is 220 Å². The molecule has 35 heavy (non-hydrogen) atoms. The number of pyridine rings is 1. The normalized spacial score (nSPS) is 20.1. The number of allylic oxidation sites excluding steroid dienone is 1. The highest BCUT2D eigenvalue weighted by atomic mass is 35.5. The van der Waals surface area contributed by atoms with Crippen LogP contribution in [0.2, 0.25) is 18.1 Å². The van der Waals surface area contributed by atoms with E-state index in [2.05, 4.69) is 58.8 Å². The number of rotatable bonds is 13. The summed E-state index contributed by atoms with van der Waals surface area (Å²) in [5.41, 5.74) is 2.25. The van der Waals surface area contributed by atoms with Gasteiger partial charge in [0.2, 0.25) is 0 Å². The van der Waals surface area contributed by atoms with Gasteiger partial charge in [-0.15, -0.1) is 0 Å². The summed E-state index contributed by atoms with van der Waals surface area (Å²) in [4.78, 5) is 4.40. The Bertz CT molecular complexity index is 798. The first-order valence-electron chi connectivity index (χ1n) is 13.3. The summed E-state index contributed by atoms with van der Waals surface area (Å²) in [6.07, 6.45) is 13.5. The fourth-order valence-electron chi connectivity index (χ4n) is 3.78. The summed E-state index contributed by atoms with van der Waals surface area (Å²) < 4.78 is 18.4. The Morgan fingerprint density at radius 2 is 2.06 bits per heavy atom. The molecule has 6 heteroatoms. The lowest BCUT2D eigenvalue weighted by Gasteiger charge is -2.39. The average molecular weight is 522 g/mol. The van der Waals surface area contributed by atoms with Crippen LogP contribution in [0.1, 0.15) is 85.3 Å². The number of aromatic nitrogens is 1. The van der Waals surface area contributed by atoms with Crippen LogP contribution in [0, 0.1) is 5.92 Å². The van der Waals surface area contributed by atoms with Crippen LogP contribution in [-0.4, -0.2) is 38.9 Å². The first kappa shape index (κ1) is 30.2. The fourth-order valence-corrected chi connectivity index (χ4v) is 5.39. The molecule has 3 atom stereocenters. The average Bonchev–Trinajstić information content (AvgIpc) is 2.81. The molecule has 1 aromatic rings. The SMILES string of the molecule is CC(=CC[C@H](O[Si](C)(C)C(C)(C)C)C(Cl)=Cc1ccccn1)CCC[C@H](C)COC1CCCCO1. The molecule has 0 aromatic carbocycles. The van der Waals surface area contributed by atoms with Crippen LogP contribution >= 0.6 is 11.6 Å². The predicted octanol–water partition coefficient (Wildman–Crippen LogP) is 8.74. The van der Waals surface area contributed by atoms with Crippen molar-refractivity contribution in [2.24, 2.45) is 5.92 Å². The lowest BCUT2D eigenvalue weighted by Crippen LogP contribution is -2.44. The van der Waals surface area contributed by atoms with Crippen molar-refractivity contribution in [1.29, 1.82) is 0 Å². The van der Waals surface area contributed by atoms with Crippen LogP contribution in [0.5, 0.6) is 0 Å². The lowest BCUT2D eigenvalue weighted by molar-refractivity contribution is -0.168. The number of hydrogen-bond acceptors (Lipinski definition) is 4. The third kappa shape index (κ3) is 11.3. The minimum absolute atomic E-state index is 0.00885. The standard InChI is InChI=1S/C29H48ClNO3Si/c1-23(13-12-14-24(2)22-33-28-16-9-11-20-32-28)17-18-27(34-35(6,7)29(3,4)5)26(30)21-25-15-8-10-19-31-25/h8,10,15,17,19,21,24,27-28H,9,11-14,16,18,20,22H2,1-7H3/t24-,27-,28?/m0/s1. The largest absolute Gasteiger partial charge is 0.409 e. The molecule has 0 spiro atoms. The second-order valence-electron chi connectivity index (χ2n) is 11.6. The zero-order chi connectivity index (χ0) is 25.9. The second kappa shape index (κ2) is 14.7. The van der Waals surface area contributed by atoms with Crippen molar-refractivity contribution in [3.8, 4) is 0 Å². The Balaban J connectivity index is 1.91. The highest BCUT2D eigenvalue weighted by Crippen LogP contribution is 2.39. The van der Waals surface area contributed by atoms with E-state index in [0.29, 0.717) is 11.0 Å². The molecule has 2 rings (SSSR count). The molecule has 0 radical (unpaired) electrons. The van der Waals surface area contributed by atoms with Crippen LogP contribution in [-0.2, 0) is 13.9 Å². The molecule has 1 aliphatic rings. The Morgan fingerprint density at radius 1 is 1.29 bits per heavy atom. The third-order valence-corrected chi connectivity index (χ3v) is 12.0. The molecule has 4 nitrogen and oxygen atoms in total. The molecule has 2 heterocycles. The van der Waals surface area contributed by atoms with Crippen LogP contribution in [0.3, 0.4) is 0 Å². The van der Waals surface area contributed by atoms with Crippen LogP contribution in [0.25, 0.3) is 6.08 Å². The first-order valence-corrected chi connectivity index (χ1v) is 16.6. The van der Waals surface area contributed by atoms with E-state index < -0.39 is 8.32 Å². The number of hydrogen-bond donors (Lipinski definition) is 0. The van der Waals surface area contributed by atoms with Gasteiger partial charge in [-0.3, -0.25) is 4.98 Å². The minimum Gasteiger partial charge on any atom is -0.409 e. The van der Waals surface area contributed by atoms with Gasteiger partial charge in [-0.25, -0.2) is 0 Å². The number of ether oxygens (including phenoxy) is 2. The van der Waals surface area contributed by atoms with E-state index in [9.17, 15) is 0 Å². The Kier molecular flexibility index (Phi) is 12.7. The van der Waals surface area contributed by atoms with Gasteiger partial charge in [-0.2, -0.15) is 0 Å². The summed E-state index contributed by atoms with van der Waals surface area (Å²) in [6, 6.07) is 5.86. The van der Waals surface area contributed by atoms with Gasteiger partial charge in [0.1, 0.15) is 0 Å². The van der Waals surface area contributed by atoms with E-state index >= 15 is 0 Å².